The number of nitrogens with zero attached hydrogens (tertiary/aromatic N) is 3. The van der Waals surface area contributed by atoms with E-state index < -0.39 is 27.9 Å². The number of methoxy groups -OCH3 is 2. The summed E-state index contributed by atoms with van der Waals surface area (Å²) >= 11 is 2.18. The molecular formula is C17H22N4O6S3. The van der Waals surface area contributed by atoms with Crippen LogP contribution < -0.4 is 14.4 Å². The fourth-order valence-electron chi connectivity index (χ4n) is 2.46. The van der Waals surface area contributed by atoms with Crippen molar-refractivity contribution in [3.8, 4) is 5.75 Å². The average Bonchev–Trinajstić information content (AvgIpc) is 3.12. The molecule has 1 atom stereocenters. The predicted octanol–water partition coefficient (Wildman–Crippen LogP) is 1.91. The Balaban J connectivity index is 2.23. The molecule has 10 nitrogen and oxygen atoms in total. The molecule has 1 heterocycles. The van der Waals surface area contributed by atoms with Gasteiger partial charge in [0, 0.05) is 0 Å². The number of carbonyl (C=O) groups is 2. The molecule has 0 fully saturated rings. The predicted molar refractivity (Wildman–Crippen MR) is 116 cm³/mol. The number of esters is 1. The minimum Gasteiger partial charge on any atom is -0.495 e. The van der Waals surface area contributed by atoms with E-state index in [-0.39, 0.29) is 16.6 Å². The van der Waals surface area contributed by atoms with E-state index >= 15 is 0 Å². The summed E-state index contributed by atoms with van der Waals surface area (Å²) in [5.74, 6) is -0.622. The largest absolute Gasteiger partial charge is 0.495 e. The zero-order chi connectivity index (χ0) is 22.5. The number of amides is 1. The molecule has 0 radical (unpaired) electrons. The van der Waals surface area contributed by atoms with Crippen molar-refractivity contribution in [2.24, 2.45) is 0 Å². The minimum absolute atomic E-state index is 0.0600. The summed E-state index contributed by atoms with van der Waals surface area (Å²) in [6.07, 6.45) is 1.02. The Morgan fingerprint density at radius 3 is 2.60 bits per heavy atom. The Kier molecular flexibility index (Phi) is 8.03. The molecule has 13 heteroatoms. The van der Waals surface area contributed by atoms with Gasteiger partial charge in [0.2, 0.25) is 21.1 Å². The maximum atomic E-state index is 12.8. The van der Waals surface area contributed by atoms with Crippen molar-refractivity contribution < 1.29 is 27.5 Å². The lowest BCUT2D eigenvalue weighted by molar-refractivity contribution is -0.137. The number of aromatic nitrogens is 2. The summed E-state index contributed by atoms with van der Waals surface area (Å²) in [5.41, 5.74) is 1.07. The third-order valence-corrected chi connectivity index (χ3v) is 7.01. The quantitative estimate of drug-likeness (QED) is 0.329. The van der Waals surface area contributed by atoms with Crippen LogP contribution in [-0.4, -0.2) is 62.8 Å². The van der Waals surface area contributed by atoms with Gasteiger partial charge in [0.1, 0.15) is 11.8 Å². The zero-order valence-corrected chi connectivity index (χ0v) is 19.5. The van der Waals surface area contributed by atoms with Crippen molar-refractivity contribution in [3.05, 3.63) is 23.8 Å². The van der Waals surface area contributed by atoms with E-state index in [0.29, 0.717) is 10.1 Å². The molecule has 0 saturated carbocycles. The summed E-state index contributed by atoms with van der Waals surface area (Å²) in [6.45, 7) is 3.27. The number of benzene rings is 1. The molecule has 1 amide bonds. The highest BCUT2D eigenvalue weighted by Gasteiger charge is 2.32. The Labute approximate surface area is 183 Å². The Bertz CT molecular complexity index is 1020. The lowest BCUT2D eigenvalue weighted by Crippen LogP contribution is -2.45. The standard InChI is InChI=1S/C17H22N4O6S3/c1-10-6-7-13(26-3)12(8-10)21(30(5,24)25)11(2)15(23)18-16-19-20-17(29-16)28-9-14(22)27-4/h6-8,11H,9H2,1-5H3,(H,18,19,23). The normalized spacial score (nSPS) is 12.2. The van der Waals surface area contributed by atoms with Gasteiger partial charge in [0.05, 0.1) is 31.9 Å². The maximum Gasteiger partial charge on any atom is 0.316 e. The van der Waals surface area contributed by atoms with Crippen molar-refractivity contribution in [2.45, 2.75) is 24.2 Å². The molecule has 164 valence electrons. The molecule has 1 aromatic heterocycles. The number of nitrogens with one attached hydrogen (secondary N) is 1. The summed E-state index contributed by atoms with van der Waals surface area (Å²) in [5, 5.41) is 10.5. The molecule has 0 aliphatic rings. The van der Waals surface area contributed by atoms with E-state index in [2.05, 4.69) is 20.3 Å². The molecular weight excluding hydrogens is 452 g/mol. The second kappa shape index (κ2) is 10.1. The van der Waals surface area contributed by atoms with Crippen LogP contribution >= 0.6 is 23.1 Å². The highest BCUT2D eigenvalue weighted by Crippen LogP contribution is 2.33. The summed E-state index contributed by atoms with van der Waals surface area (Å²) in [4.78, 5) is 24.0. The van der Waals surface area contributed by atoms with Gasteiger partial charge >= 0.3 is 5.97 Å². The van der Waals surface area contributed by atoms with Gasteiger partial charge in [-0.15, -0.1) is 10.2 Å². The number of carbonyl (C=O) groups excluding carboxylic acids is 2. The van der Waals surface area contributed by atoms with Crippen LogP contribution in [0.5, 0.6) is 5.75 Å². The fraction of sp³-hybridized carbons (Fsp3) is 0.412. The van der Waals surface area contributed by atoms with Crippen molar-refractivity contribution in [3.63, 3.8) is 0 Å². The molecule has 0 bridgehead atoms. The number of thioether (sulfide) groups is 1. The van der Waals surface area contributed by atoms with Crippen molar-refractivity contribution in [2.75, 3.05) is 35.9 Å². The zero-order valence-electron chi connectivity index (χ0n) is 17.0. The SMILES string of the molecule is COC(=O)CSc1nnc(NC(=O)C(C)N(c2cc(C)ccc2OC)S(C)(=O)=O)s1. The molecule has 2 rings (SSSR count). The lowest BCUT2D eigenvalue weighted by atomic mass is 10.2. The van der Waals surface area contributed by atoms with Crippen LogP contribution in [0.4, 0.5) is 10.8 Å². The molecule has 1 aromatic carbocycles. The van der Waals surface area contributed by atoms with Crippen LogP contribution in [0.15, 0.2) is 22.5 Å². The van der Waals surface area contributed by atoms with Gasteiger partial charge in [0.25, 0.3) is 0 Å². The monoisotopic (exact) mass is 474 g/mol. The van der Waals surface area contributed by atoms with Crippen LogP contribution in [0, 0.1) is 6.92 Å². The summed E-state index contributed by atoms with van der Waals surface area (Å²) < 4.78 is 36.3. The van der Waals surface area contributed by atoms with Crippen LogP contribution in [0.2, 0.25) is 0 Å². The molecule has 1 N–H and O–H groups in total. The first-order valence-corrected chi connectivity index (χ1v) is 12.2. The van der Waals surface area contributed by atoms with Gasteiger partial charge in [-0.05, 0) is 31.5 Å². The van der Waals surface area contributed by atoms with Gasteiger partial charge in [0.15, 0.2) is 4.34 Å². The van der Waals surface area contributed by atoms with Gasteiger partial charge in [-0.25, -0.2) is 8.42 Å². The van der Waals surface area contributed by atoms with Gasteiger partial charge in [-0.2, -0.15) is 0 Å². The number of sulfonamides is 1. The van der Waals surface area contributed by atoms with Crippen LogP contribution in [0.3, 0.4) is 0 Å². The maximum absolute atomic E-state index is 12.8. The van der Waals surface area contributed by atoms with E-state index in [1.807, 2.05) is 6.92 Å². The molecule has 0 spiro atoms. The number of hydrogen-bond donors (Lipinski definition) is 1. The highest BCUT2D eigenvalue weighted by molar-refractivity contribution is 8.01. The average molecular weight is 475 g/mol. The third-order valence-electron chi connectivity index (χ3n) is 3.84. The number of anilines is 2. The molecule has 2 aromatic rings. The Morgan fingerprint density at radius 1 is 1.30 bits per heavy atom. The molecule has 0 aliphatic heterocycles. The van der Waals surface area contributed by atoms with E-state index in [1.165, 1.54) is 21.1 Å². The van der Waals surface area contributed by atoms with E-state index in [9.17, 15) is 18.0 Å². The Morgan fingerprint density at radius 2 is 2.00 bits per heavy atom. The van der Waals surface area contributed by atoms with Crippen molar-refractivity contribution >= 4 is 55.8 Å². The number of ether oxygens (including phenoxy) is 2. The number of rotatable bonds is 9. The number of hydrogen-bond acceptors (Lipinski definition) is 10. The van der Waals surface area contributed by atoms with Gasteiger partial charge in [-0.1, -0.05) is 29.2 Å². The topological polar surface area (TPSA) is 128 Å². The van der Waals surface area contributed by atoms with Crippen molar-refractivity contribution in [1.82, 2.24) is 10.2 Å². The minimum atomic E-state index is -3.82. The van der Waals surface area contributed by atoms with Crippen molar-refractivity contribution in [1.29, 1.82) is 0 Å². The second-order valence-corrected chi connectivity index (χ2v) is 10.2. The highest BCUT2D eigenvalue weighted by atomic mass is 32.2. The van der Waals surface area contributed by atoms with E-state index in [1.54, 1.807) is 18.2 Å². The first-order chi connectivity index (χ1) is 14.1. The summed E-state index contributed by atoms with van der Waals surface area (Å²) in [7, 11) is -1.11. The van der Waals surface area contributed by atoms with Gasteiger partial charge in [-0.3, -0.25) is 19.2 Å². The van der Waals surface area contributed by atoms with E-state index in [0.717, 1.165) is 39.2 Å². The fourth-order valence-corrected chi connectivity index (χ4v) is 5.22. The van der Waals surface area contributed by atoms with Crippen LogP contribution in [0.1, 0.15) is 12.5 Å². The first kappa shape index (κ1) is 23.9. The first-order valence-electron chi connectivity index (χ1n) is 8.54. The Hall–Kier alpha value is -2.38. The molecule has 0 saturated heterocycles. The summed E-state index contributed by atoms with van der Waals surface area (Å²) in [6, 6.07) is 3.97. The molecule has 1 unspecified atom stereocenters. The molecule has 0 aliphatic carbocycles. The molecule has 30 heavy (non-hydrogen) atoms. The van der Waals surface area contributed by atoms with Crippen LogP contribution in [0.25, 0.3) is 0 Å². The lowest BCUT2D eigenvalue weighted by Gasteiger charge is -2.29. The van der Waals surface area contributed by atoms with Gasteiger partial charge < -0.3 is 9.47 Å². The second-order valence-electron chi connectivity index (χ2n) is 6.14. The number of aryl methyl sites for hydroxylation is 1. The van der Waals surface area contributed by atoms with E-state index in [4.69, 9.17) is 4.74 Å². The van der Waals surface area contributed by atoms with Crippen LogP contribution in [-0.2, 0) is 24.3 Å². The third kappa shape index (κ3) is 6.06. The smallest absolute Gasteiger partial charge is 0.316 e.